The molecule has 6 rings (SSSR count). The number of nitrogens with zero attached hydrogens (tertiary/aromatic N) is 1. The molecule has 1 aliphatic heterocycles. The van der Waals surface area contributed by atoms with E-state index in [4.69, 9.17) is 4.98 Å². The number of benzene rings is 3. The highest BCUT2D eigenvalue weighted by molar-refractivity contribution is 7.21. The zero-order valence-electron chi connectivity index (χ0n) is 17.2. The van der Waals surface area contributed by atoms with Gasteiger partial charge in [0.05, 0.1) is 16.3 Å². The maximum absolute atomic E-state index is 4.91. The number of allylic oxidation sites excluding steroid dienone is 2. The van der Waals surface area contributed by atoms with Crippen molar-refractivity contribution in [1.29, 1.82) is 0 Å². The van der Waals surface area contributed by atoms with Gasteiger partial charge in [-0.05, 0) is 73.2 Å². The second-order valence-corrected chi connectivity index (χ2v) is 9.71. The van der Waals surface area contributed by atoms with Gasteiger partial charge in [-0.1, -0.05) is 48.0 Å². The average Bonchev–Trinajstić information content (AvgIpc) is 3.40. The Bertz CT molecular complexity index is 1280. The number of fused-ring (bicyclic) bond motifs is 4. The Morgan fingerprint density at radius 3 is 2.63 bits per heavy atom. The van der Waals surface area contributed by atoms with Crippen LogP contribution < -0.4 is 5.32 Å². The van der Waals surface area contributed by atoms with Crippen molar-refractivity contribution >= 4 is 27.2 Å². The summed E-state index contributed by atoms with van der Waals surface area (Å²) in [6.07, 6.45) is 5.90. The smallest absolute Gasteiger partial charge is 0.124 e. The van der Waals surface area contributed by atoms with Crippen molar-refractivity contribution in [3.8, 4) is 10.6 Å². The monoisotopic (exact) mass is 408 g/mol. The molecule has 0 bridgehead atoms. The van der Waals surface area contributed by atoms with Crippen molar-refractivity contribution in [3.05, 3.63) is 95.1 Å². The van der Waals surface area contributed by atoms with Crippen molar-refractivity contribution in [2.45, 2.75) is 32.2 Å². The molecular weight excluding hydrogens is 384 g/mol. The number of thiazole rings is 1. The van der Waals surface area contributed by atoms with Crippen LogP contribution in [0.2, 0.25) is 0 Å². The molecule has 0 amide bonds. The molecule has 1 aromatic heterocycles. The van der Waals surface area contributed by atoms with Crippen LogP contribution in [0.25, 0.3) is 20.8 Å². The van der Waals surface area contributed by atoms with Crippen LogP contribution in [-0.4, -0.2) is 4.98 Å². The van der Waals surface area contributed by atoms with E-state index >= 15 is 0 Å². The highest BCUT2D eigenvalue weighted by Gasteiger charge is 2.38. The molecule has 4 aromatic rings. The second kappa shape index (κ2) is 6.82. The minimum atomic E-state index is 0.356. The Balaban J connectivity index is 1.41. The first-order valence-electron chi connectivity index (χ1n) is 10.7. The van der Waals surface area contributed by atoms with Gasteiger partial charge in [0.2, 0.25) is 0 Å². The summed E-state index contributed by atoms with van der Waals surface area (Å²) in [6.45, 7) is 4.29. The molecule has 3 aromatic carbocycles. The maximum atomic E-state index is 4.91. The van der Waals surface area contributed by atoms with Crippen LogP contribution in [-0.2, 0) is 0 Å². The van der Waals surface area contributed by atoms with Gasteiger partial charge in [0.15, 0.2) is 0 Å². The Labute approximate surface area is 181 Å². The van der Waals surface area contributed by atoms with E-state index < -0.39 is 0 Å². The summed E-state index contributed by atoms with van der Waals surface area (Å²) in [5, 5.41) is 4.97. The molecule has 0 unspecified atom stereocenters. The van der Waals surface area contributed by atoms with Crippen molar-refractivity contribution in [3.63, 3.8) is 0 Å². The van der Waals surface area contributed by atoms with Gasteiger partial charge in [-0.3, -0.25) is 0 Å². The Morgan fingerprint density at radius 1 is 0.933 bits per heavy atom. The van der Waals surface area contributed by atoms with Crippen LogP contribution in [0.5, 0.6) is 0 Å². The second-order valence-electron chi connectivity index (χ2n) is 8.68. The topological polar surface area (TPSA) is 24.9 Å². The van der Waals surface area contributed by atoms with Crippen molar-refractivity contribution in [2.75, 3.05) is 5.32 Å². The average molecular weight is 409 g/mol. The van der Waals surface area contributed by atoms with Gasteiger partial charge in [-0.25, -0.2) is 4.98 Å². The number of rotatable bonds is 2. The Hall–Kier alpha value is -2.91. The van der Waals surface area contributed by atoms with Crippen molar-refractivity contribution in [1.82, 2.24) is 4.98 Å². The molecule has 1 aliphatic carbocycles. The van der Waals surface area contributed by atoms with E-state index in [1.54, 1.807) is 11.3 Å². The third-order valence-electron chi connectivity index (χ3n) is 6.59. The summed E-state index contributed by atoms with van der Waals surface area (Å²) in [5.41, 5.74) is 8.96. The predicted octanol–water partition coefficient (Wildman–Crippen LogP) is 7.41. The third-order valence-corrected chi connectivity index (χ3v) is 7.66. The molecule has 3 atom stereocenters. The minimum absolute atomic E-state index is 0.356. The van der Waals surface area contributed by atoms with Gasteiger partial charge in [0.25, 0.3) is 0 Å². The summed E-state index contributed by atoms with van der Waals surface area (Å²) < 4.78 is 1.26. The summed E-state index contributed by atoms with van der Waals surface area (Å²) in [4.78, 5) is 4.91. The standard InChI is InChI=1S/C27H24N2S/c1-16-6-9-18(10-7-16)26-21-5-3-4-20(21)22-15-19(11-13-23(22)28-26)27-29-24-12-8-17(2)14-25(24)30-27/h3-4,6-15,20-21,26,28H,5H2,1-2H3/t20-,21+,26+/m1/s1. The normalized spacial score (nSPS) is 22.0. The molecule has 2 heterocycles. The van der Waals surface area contributed by atoms with E-state index in [1.807, 2.05) is 0 Å². The first kappa shape index (κ1) is 17.9. The summed E-state index contributed by atoms with van der Waals surface area (Å²) in [7, 11) is 0. The highest BCUT2D eigenvalue weighted by Crippen LogP contribution is 2.50. The van der Waals surface area contributed by atoms with Crippen LogP contribution in [0.15, 0.2) is 72.8 Å². The molecular formula is C27H24N2S. The lowest BCUT2D eigenvalue weighted by Crippen LogP contribution is -2.29. The van der Waals surface area contributed by atoms with E-state index in [0.717, 1.165) is 16.9 Å². The number of hydrogen-bond donors (Lipinski definition) is 1. The molecule has 0 saturated heterocycles. The van der Waals surface area contributed by atoms with Crippen molar-refractivity contribution < 1.29 is 0 Å². The predicted molar refractivity (Wildman–Crippen MR) is 127 cm³/mol. The van der Waals surface area contributed by atoms with Crippen molar-refractivity contribution in [2.24, 2.45) is 5.92 Å². The first-order valence-corrected chi connectivity index (χ1v) is 11.5. The fourth-order valence-corrected chi connectivity index (χ4v) is 6.05. The van der Waals surface area contributed by atoms with Crippen LogP contribution >= 0.6 is 11.3 Å². The molecule has 1 N–H and O–H groups in total. The quantitative estimate of drug-likeness (QED) is 0.349. The van der Waals surface area contributed by atoms with Gasteiger partial charge in [0.1, 0.15) is 5.01 Å². The fourth-order valence-electron chi connectivity index (χ4n) is 4.99. The summed E-state index contributed by atoms with van der Waals surface area (Å²) >= 11 is 1.79. The molecule has 2 nitrogen and oxygen atoms in total. The lowest BCUT2D eigenvalue weighted by molar-refractivity contribution is 0.425. The molecule has 0 fully saturated rings. The maximum Gasteiger partial charge on any atom is 0.124 e. The fraction of sp³-hybridized carbons (Fsp3) is 0.222. The third kappa shape index (κ3) is 2.88. The zero-order chi connectivity index (χ0) is 20.2. The number of hydrogen-bond acceptors (Lipinski definition) is 3. The minimum Gasteiger partial charge on any atom is -0.378 e. The van der Waals surface area contributed by atoms with E-state index in [1.165, 1.54) is 38.2 Å². The van der Waals surface area contributed by atoms with E-state index in [9.17, 15) is 0 Å². The number of aromatic nitrogens is 1. The summed E-state index contributed by atoms with van der Waals surface area (Å²) in [6, 6.07) is 22.7. The molecule has 2 aliphatic rings. The number of aryl methyl sites for hydroxylation is 2. The first-order chi connectivity index (χ1) is 14.7. The van der Waals surface area contributed by atoms with Crippen LogP contribution in [0.3, 0.4) is 0 Å². The lowest BCUT2D eigenvalue weighted by Gasteiger charge is -2.37. The van der Waals surface area contributed by atoms with Gasteiger partial charge in [-0.15, -0.1) is 11.3 Å². The summed E-state index contributed by atoms with van der Waals surface area (Å²) in [5.74, 6) is 1.03. The molecule has 0 radical (unpaired) electrons. The van der Waals surface area contributed by atoms with E-state index in [2.05, 4.69) is 92.0 Å². The van der Waals surface area contributed by atoms with Gasteiger partial charge in [-0.2, -0.15) is 0 Å². The molecule has 0 saturated carbocycles. The lowest BCUT2D eigenvalue weighted by atomic mass is 9.76. The Morgan fingerprint density at radius 2 is 1.77 bits per heavy atom. The SMILES string of the molecule is Cc1ccc([C@@H]2Nc3ccc(-c4nc5ccc(C)cc5s4)cc3[C@@H]3C=CC[C@@H]32)cc1. The molecule has 0 spiro atoms. The Kier molecular flexibility index (Phi) is 4.07. The molecule has 3 heteroatoms. The van der Waals surface area contributed by atoms with Crippen LogP contribution in [0.1, 0.15) is 40.6 Å². The zero-order valence-corrected chi connectivity index (χ0v) is 18.0. The van der Waals surface area contributed by atoms with E-state index in [0.29, 0.717) is 17.9 Å². The van der Waals surface area contributed by atoms with Crippen LogP contribution in [0, 0.1) is 19.8 Å². The van der Waals surface area contributed by atoms with Gasteiger partial charge >= 0.3 is 0 Å². The van der Waals surface area contributed by atoms with Crippen LogP contribution in [0.4, 0.5) is 5.69 Å². The molecule has 148 valence electrons. The number of nitrogens with one attached hydrogen (secondary N) is 1. The van der Waals surface area contributed by atoms with Gasteiger partial charge in [0, 0.05) is 17.2 Å². The largest absolute Gasteiger partial charge is 0.378 e. The van der Waals surface area contributed by atoms with Gasteiger partial charge < -0.3 is 5.32 Å². The molecule has 30 heavy (non-hydrogen) atoms. The van der Waals surface area contributed by atoms with E-state index in [-0.39, 0.29) is 0 Å². The highest BCUT2D eigenvalue weighted by atomic mass is 32.1. The number of anilines is 1.